The predicted octanol–water partition coefficient (Wildman–Crippen LogP) is 4.70. The number of aliphatic imine (C=N–C) groups is 1. The number of aliphatic hydroxyl groups is 1. The monoisotopic (exact) mass is 334 g/mol. The average Bonchev–Trinajstić information content (AvgIpc) is 2.56. The summed E-state index contributed by atoms with van der Waals surface area (Å²) in [6.07, 6.45) is 1.01. The maximum absolute atomic E-state index is 12.8. The topological polar surface area (TPSA) is 75.7 Å². The Morgan fingerprint density at radius 2 is 1.68 bits per heavy atom. The molecule has 1 aliphatic rings. The molecule has 3 rings (SSSR count). The number of benzene rings is 2. The van der Waals surface area contributed by atoms with Crippen molar-refractivity contribution in [1.29, 1.82) is 0 Å². The molecule has 2 aromatic rings. The van der Waals surface area contributed by atoms with Crippen LogP contribution in [0, 0.1) is 5.41 Å². The van der Waals surface area contributed by atoms with E-state index in [-0.39, 0.29) is 17.0 Å². The number of carbonyl (C=O) groups excluding carboxylic acids is 1. The molecule has 1 aliphatic carbocycles. The van der Waals surface area contributed by atoms with Crippen molar-refractivity contribution in [3.63, 3.8) is 0 Å². The molecule has 0 amide bonds. The fourth-order valence-electron chi connectivity index (χ4n) is 3.10. The van der Waals surface area contributed by atoms with E-state index in [1.807, 2.05) is 44.2 Å². The Kier molecular flexibility index (Phi) is 4.45. The summed E-state index contributed by atoms with van der Waals surface area (Å²) in [5.74, 6) is -0.0814. The van der Waals surface area contributed by atoms with E-state index in [1.165, 1.54) is 0 Å². The number of nitrogens with zero attached hydrogens (tertiary/aromatic N) is 1. The third-order valence-corrected chi connectivity index (χ3v) is 4.29. The van der Waals surface area contributed by atoms with Crippen LogP contribution in [0.4, 0.5) is 11.4 Å². The van der Waals surface area contributed by atoms with E-state index in [4.69, 9.17) is 5.73 Å². The number of rotatable bonds is 2. The lowest BCUT2D eigenvalue weighted by Crippen LogP contribution is -2.32. The van der Waals surface area contributed by atoms with Gasteiger partial charge in [0.25, 0.3) is 0 Å². The molecule has 0 atom stereocenters. The molecule has 0 spiro atoms. The van der Waals surface area contributed by atoms with E-state index in [9.17, 15) is 9.90 Å². The molecule has 1 fully saturated rings. The lowest BCUT2D eigenvalue weighted by Gasteiger charge is -2.31. The molecule has 3 N–H and O–H groups in total. The Bertz CT molecular complexity index is 847. The number of carbonyl (C=O) groups is 1. The summed E-state index contributed by atoms with van der Waals surface area (Å²) in [7, 11) is 0. The molecule has 128 valence electrons. The Labute approximate surface area is 147 Å². The molecule has 0 aliphatic heterocycles. The van der Waals surface area contributed by atoms with E-state index in [0.717, 1.165) is 0 Å². The zero-order chi connectivity index (χ0) is 18.0. The van der Waals surface area contributed by atoms with E-state index < -0.39 is 0 Å². The third kappa shape index (κ3) is 3.79. The van der Waals surface area contributed by atoms with E-state index >= 15 is 0 Å². The van der Waals surface area contributed by atoms with Gasteiger partial charge in [-0.3, -0.25) is 9.79 Å². The van der Waals surface area contributed by atoms with E-state index in [2.05, 4.69) is 4.99 Å². The van der Waals surface area contributed by atoms with Crippen molar-refractivity contribution in [1.82, 2.24) is 0 Å². The molecular weight excluding hydrogens is 312 g/mol. The minimum atomic E-state index is -0.190. The van der Waals surface area contributed by atoms with Crippen molar-refractivity contribution in [2.75, 3.05) is 5.73 Å². The highest BCUT2D eigenvalue weighted by Gasteiger charge is 2.36. The van der Waals surface area contributed by atoms with Crippen LogP contribution in [0.2, 0.25) is 0 Å². The highest BCUT2D eigenvalue weighted by Crippen LogP contribution is 2.37. The molecule has 0 heterocycles. The summed E-state index contributed by atoms with van der Waals surface area (Å²) in [4.78, 5) is 17.4. The molecule has 4 nitrogen and oxygen atoms in total. The van der Waals surface area contributed by atoms with Crippen LogP contribution in [0.15, 0.2) is 65.2 Å². The van der Waals surface area contributed by atoms with Gasteiger partial charge in [0.05, 0.1) is 17.0 Å². The number of nitrogen functional groups attached to an aromatic ring is 1. The summed E-state index contributed by atoms with van der Waals surface area (Å²) >= 11 is 0. The van der Waals surface area contributed by atoms with Crippen molar-refractivity contribution in [2.24, 2.45) is 10.4 Å². The molecule has 0 radical (unpaired) electrons. The zero-order valence-corrected chi connectivity index (χ0v) is 14.5. The number of ketones is 1. The first kappa shape index (κ1) is 17.0. The minimum absolute atomic E-state index is 0.00436. The first-order valence-electron chi connectivity index (χ1n) is 8.31. The van der Waals surface area contributed by atoms with Crippen LogP contribution in [-0.4, -0.2) is 16.6 Å². The lowest BCUT2D eigenvalue weighted by molar-refractivity contribution is -0.117. The van der Waals surface area contributed by atoms with Gasteiger partial charge in [-0.2, -0.15) is 0 Å². The van der Waals surface area contributed by atoms with Crippen LogP contribution in [-0.2, 0) is 4.79 Å². The highest BCUT2D eigenvalue weighted by molar-refractivity contribution is 6.28. The van der Waals surface area contributed by atoms with Crippen LogP contribution in [0.5, 0.6) is 0 Å². The molecular formula is C21H22N2O2. The fourth-order valence-corrected chi connectivity index (χ4v) is 3.10. The zero-order valence-electron chi connectivity index (χ0n) is 14.5. The average molecular weight is 334 g/mol. The van der Waals surface area contributed by atoms with Gasteiger partial charge >= 0.3 is 0 Å². The minimum Gasteiger partial charge on any atom is -0.506 e. The first-order chi connectivity index (χ1) is 11.9. The second kappa shape index (κ2) is 6.55. The molecule has 0 unspecified atom stereocenters. The molecule has 4 heteroatoms. The number of Topliss-reactive ketones (excluding diaryl/α,β-unsaturated/α-hetero) is 1. The van der Waals surface area contributed by atoms with Gasteiger partial charge in [-0.05, 0) is 36.1 Å². The van der Waals surface area contributed by atoms with Crippen LogP contribution >= 0.6 is 0 Å². The lowest BCUT2D eigenvalue weighted by atomic mass is 9.73. The standard InChI is InChI=1S/C21H22N2O2/c1-21(2)12-17(23-16-10-8-15(22)9-11-16)19(18(24)13-21)20(25)14-6-4-3-5-7-14/h3-11,25H,12-13,22H2,1-2H3. The van der Waals surface area contributed by atoms with Crippen LogP contribution < -0.4 is 5.73 Å². The van der Waals surface area contributed by atoms with Gasteiger partial charge in [-0.25, -0.2) is 0 Å². The Hall–Kier alpha value is -2.88. The SMILES string of the molecule is CC1(C)CC(=O)C(=C(O)c2ccccc2)C(=Nc2ccc(N)cc2)C1. The number of hydrogen-bond acceptors (Lipinski definition) is 4. The van der Waals surface area contributed by atoms with Crippen molar-refractivity contribution < 1.29 is 9.90 Å². The summed E-state index contributed by atoms with van der Waals surface area (Å²) in [5.41, 5.74) is 8.47. The number of allylic oxidation sites excluding steroid dienone is 1. The summed E-state index contributed by atoms with van der Waals surface area (Å²) < 4.78 is 0. The number of nitrogens with two attached hydrogens (primary N) is 1. The Morgan fingerprint density at radius 1 is 1.04 bits per heavy atom. The summed E-state index contributed by atoms with van der Waals surface area (Å²) in [6, 6.07) is 16.3. The first-order valence-corrected chi connectivity index (χ1v) is 8.31. The second-order valence-electron chi connectivity index (χ2n) is 7.18. The molecule has 0 bridgehead atoms. The Morgan fingerprint density at radius 3 is 2.32 bits per heavy atom. The summed E-state index contributed by atoms with van der Waals surface area (Å²) in [5, 5.41) is 10.7. The number of aliphatic hydroxyl groups excluding tert-OH is 1. The number of anilines is 1. The van der Waals surface area contributed by atoms with Crippen molar-refractivity contribution >= 4 is 28.6 Å². The molecule has 25 heavy (non-hydrogen) atoms. The van der Waals surface area contributed by atoms with Crippen molar-refractivity contribution in [2.45, 2.75) is 26.7 Å². The fraction of sp³-hybridized carbons (Fsp3) is 0.238. The predicted molar refractivity (Wildman–Crippen MR) is 102 cm³/mol. The molecule has 1 saturated carbocycles. The van der Waals surface area contributed by atoms with E-state index in [1.54, 1.807) is 24.3 Å². The highest BCUT2D eigenvalue weighted by atomic mass is 16.3. The quantitative estimate of drug-likeness (QED) is 0.475. The van der Waals surface area contributed by atoms with Crippen LogP contribution in [0.3, 0.4) is 0 Å². The van der Waals surface area contributed by atoms with Crippen LogP contribution in [0.1, 0.15) is 32.3 Å². The second-order valence-corrected chi connectivity index (χ2v) is 7.18. The molecule has 0 saturated heterocycles. The van der Waals surface area contributed by atoms with Crippen LogP contribution in [0.25, 0.3) is 5.76 Å². The molecule has 0 aromatic heterocycles. The third-order valence-electron chi connectivity index (χ3n) is 4.29. The van der Waals surface area contributed by atoms with Gasteiger partial charge in [0.1, 0.15) is 5.76 Å². The van der Waals surface area contributed by atoms with Gasteiger partial charge in [0.15, 0.2) is 5.78 Å². The van der Waals surface area contributed by atoms with Crippen molar-refractivity contribution in [3.05, 3.63) is 65.7 Å². The van der Waals surface area contributed by atoms with Gasteiger partial charge in [-0.1, -0.05) is 44.2 Å². The van der Waals surface area contributed by atoms with Gasteiger partial charge in [0.2, 0.25) is 0 Å². The normalized spacial score (nSPS) is 20.6. The maximum Gasteiger partial charge on any atom is 0.169 e. The van der Waals surface area contributed by atoms with Gasteiger partial charge in [0, 0.05) is 17.7 Å². The Balaban J connectivity index is 2.13. The largest absolute Gasteiger partial charge is 0.506 e. The molecule has 2 aromatic carbocycles. The van der Waals surface area contributed by atoms with Gasteiger partial charge in [-0.15, -0.1) is 0 Å². The van der Waals surface area contributed by atoms with Crippen molar-refractivity contribution in [3.8, 4) is 0 Å². The maximum atomic E-state index is 12.8. The summed E-state index contributed by atoms with van der Waals surface area (Å²) in [6.45, 7) is 4.08. The van der Waals surface area contributed by atoms with Gasteiger partial charge < -0.3 is 10.8 Å². The smallest absolute Gasteiger partial charge is 0.169 e. The number of hydrogen-bond donors (Lipinski definition) is 2. The van der Waals surface area contributed by atoms with E-state index in [0.29, 0.717) is 41.1 Å².